The Balaban J connectivity index is 3.73. The summed E-state index contributed by atoms with van der Waals surface area (Å²) in [7, 11) is 0. The van der Waals surface area contributed by atoms with E-state index < -0.39 is 5.41 Å². The summed E-state index contributed by atoms with van der Waals surface area (Å²) in [6.07, 6.45) is 0. The number of hydrogen-bond donors (Lipinski definition) is 1. The fourth-order valence-corrected chi connectivity index (χ4v) is 1.05. The third kappa shape index (κ3) is 6.47. The van der Waals surface area contributed by atoms with Crippen molar-refractivity contribution in [3.05, 3.63) is 0 Å². The van der Waals surface area contributed by atoms with E-state index >= 15 is 0 Å². The lowest BCUT2D eigenvalue weighted by Crippen LogP contribution is -2.32. The molecule has 0 aliphatic rings. The van der Waals surface area contributed by atoms with E-state index in [4.69, 9.17) is 9.84 Å². The van der Waals surface area contributed by atoms with E-state index in [1.165, 1.54) is 0 Å². The highest BCUT2D eigenvalue weighted by atomic mass is 16.5. The van der Waals surface area contributed by atoms with Crippen molar-refractivity contribution >= 4 is 5.97 Å². The molecular weight excluding hydrogens is 194 g/mol. The Morgan fingerprint density at radius 3 is 2.33 bits per heavy atom. The van der Waals surface area contributed by atoms with Gasteiger partial charge in [-0.25, -0.2) is 0 Å². The molecule has 0 saturated carbocycles. The molecule has 0 atom stereocenters. The van der Waals surface area contributed by atoms with Crippen LogP contribution in [0.1, 0.15) is 27.7 Å². The van der Waals surface area contributed by atoms with Crippen molar-refractivity contribution in [2.45, 2.75) is 27.7 Å². The average Bonchev–Trinajstić information content (AvgIpc) is 2.14. The number of carbonyl (C=O) groups excluding carboxylic acids is 1. The second-order valence-electron chi connectivity index (χ2n) is 4.54. The van der Waals surface area contributed by atoms with Crippen LogP contribution in [0, 0.1) is 5.41 Å². The summed E-state index contributed by atoms with van der Waals surface area (Å²) in [6.45, 7) is 10.2. The number of likely N-dealkylation sites (N-methyl/N-ethyl adjacent to an activating group) is 1. The number of aliphatic hydroxyl groups excluding tert-OH is 1. The quantitative estimate of drug-likeness (QED) is 0.671. The first-order valence-electron chi connectivity index (χ1n) is 5.42. The van der Waals surface area contributed by atoms with Crippen molar-refractivity contribution in [1.29, 1.82) is 0 Å². The molecule has 1 N–H and O–H groups in total. The summed E-state index contributed by atoms with van der Waals surface area (Å²) in [5.74, 6) is -0.178. The van der Waals surface area contributed by atoms with E-state index in [1.54, 1.807) is 0 Å². The van der Waals surface area contributed by atoms with Crippen LogP contribution in [0.2, 0.25) is 0 Å². The predicted octanol–water partition coefficient (Wildman–Crippen LogP) is 0.890. The summed E-state index contributed by atoms with van der Waals surface area (Å²) in [5.41, 5.74) is -0.436. The molecular formula is C11H23NO3. The molecule has 0 aromatic carbocycles. The lowest BCUT2D eigenvalue weighted by Gasteiger charge is -2.21. The van der Waals surface area contributed by atoms with Crippen molar-refractivity contribution < 1.29 is 14.6 Å². The van der Waals surface area contributed by atoms with Gasteiger partial charge in [0.15, 0.2) is 0 Å². The molecule has 0 spiro atoms. The van der Waals surface area contributed by atoms with Crippen LogP contribution in [0.25, 0.3) is 0 Å². The minimum Gasteiger partial charge on any atom is -0.464 e. The molecule has 0 amide bonds. The van der Waals surface area contributed by atoms with Gasteiger partial charge in [0, 0.05) is 13.1 Å². The Labute approximate surface area is 92.2 Å². The normalized spacial score (nSPS) is 11.9. The maximum absolute atomic E-state index is 11.4. The Bertz CT molecular complexity index is 187. The third-order valence-corrected chi connectivity index (χ3v) is 2.12. The summed E-state index contributed by atoms with van der Waals surface area (Å²) >= 11 is 0. The molecule has 90 valence electrons. The Kier molecular flexibility index (Phi) is 6.52. The van der Waals surface area contributed by atoms with Gasteiger partial charge in [-0.1, -0.05) is 6.92 Å². The number of hydrogen-bond acceptors (Lipinski definition) is 4. The largest absolute Gasteiger partial charge is 0.464 e. The van der Waals surface area contributed by atoms with E-state index in [9.17, 15) is 4.79 Å². The molecule has 0 aliphatic heterocycles. The van der Waals surface area contributed by atoms with Crippen LogP contribution in [-0.4, -0.2) is 48.8 Å². The SMILES string of the molecule is CCN(CCO)CCOC(=O)C(C)(C)C. The van der Waals surface area contributed by atoms with Gasteiger partial charge in [-0.2, -0.15) is 0 Å². The highest BCUT2D eigenvalue weighted by Crippen LogP contribution is 2.14. The van der Waals surface area contributed by atoms with Gasteiger partial charge in [-0.3, -0.25) is 9.69 Å². The van der Waals surface area contributed by atoms with E-state index in [2.05, 4.69) is 0 Å². The maximum Gasteiger partial charge on any atom is 0.311 e. The van der Waals surface area contributed by atoms with Crippen molar-refractivity contribution in [3.8, 4) is 0 Å². The van der Waals surface area contributed by atoms with Crippen LogP contribution >= 0.6 is 0 Å². The smallest absolute Gasteiger partial charge is 0.311 e. The van der Waals surface area contributed by atoms with Crippen LogP contribution in [0.15, 0.2) is 0 Å². The van der Waals surface area contributed by atoms with E-state index in [0.717, 1.165) is 6.54 Å². The number of nitrogens with zero attached hydrogens (tertiary/aromatic N) is 1. The van der Waals surface area contributed by atoms with Crippen LogP contribution in [0.4, 0.5) is 0 Å². The molecule has 4 nitrogen and oxygen atoms in total. The standard InChI is InChI=1S/C11H23NO3/c1-5-12(6-8-13)7-9-15-10(14)11(2,3)4/h13H,5-9H2,1-4H3. The molecule has 4 heteroatoms. The molecule has 0 aromatic heterocycles. The number of ether oxygens (including phenoxy) is 1. The van der Waals surface area contributed by atoms with Crippen LogP contribution in [0.3, 0.4) is 0 Å². The first-order chi connectivity index (χ1) is 6.91. The monoisotopic (exact) mass is 217 g/mol. The van der Waals surface area contributed by atoms with E-state index in [1.807, 2.05) is 32.6 Å². The highest BCUT2D eigenvalue weighted by Gasteiger charge is 2.22. The topological polar surface area (TPSA) is 49.8 Å². The molecule has 0 rings (SSSR count). The third-order valence-electron chi connectivity index (χ3n) is 2.12. The molecule has 0 radical (unpaired) electrons. The van der Waals surface area contributed by atoms with Crippen LogP contribution < -0.4 is 0 Å². The zero-order valence-electron chi connectivity index (χ0n) is 10.2. The number of rotatable bonds is 6. The van der Waals surface area contributed by atoms with E-state index in [0.29, 0.717) is 19.7 Å². The summed E-state index contributed by atoms with van der Waals surface area (Å²) in [5, 5.41) is 8.76. The average molecular weight is 217 g/mol. The van der Waals surface area contributed by atoms with Gasteiger partial charge in [-0.05, 0) is 27.3 Å². The lowest BCUT2D eigenvalue weighted by molar-refractivity contribution is -0.153. The van der Waals surface area contributed by atoms with Gasteiger partial charge in [0.1, 0.15) is 6.61 Å². The molecule has 0 fully saturated rings. The molecule has 0 aromatic rings. The van der Waals surface area contributed by atoms with Crippen molar-refractivity contribution in [2.24, 2.45) is 5.41 Å². The summed E-state index contributed by atoms with van der Waals surface area (Å²) in [4.78, 5) is 13.4. The Morgan fingerprint density at radius 1 is 1.33 bits per heavy atom. The van der Waals surface area contributed by atoms with Gasteiger partial charge in [0.2, 0.25) is 0 Å². The Morgan fingerprint density at radius 2 is 1.93 bits per heavy atom. The molecule has 0 heterocycles. The van der Waals surface area contributed by atoms with Crippen molar-refractivity contribution in [1.82, 2.24) is 4.90 Å². The number of carbonyl (C=O) groups is 1. The van der Waals surface area contributed by atoms with Gasteiger partial charge in [0.05, 0.1) is 12.0 Å². The molecule has 0 saturated heterocycles. The van der Waals surface area contributed by atoms with Gasteiger partial charge < -0.3 is 9.84 Å². The van der Waals surface area contributed by atoms with Crippen LogP contribution in [-0.2, 0) is 9.53 Å². The van der Waals surface area contributed by atoms with Crippen LogP contribution in [0.5, 0.6) is 0 Å². The fraction of sp³-hybridized carbons (Fsp3) is 0.909. The highest BCUT2D eigenvalue weighted by molar-refractivity contribution is 5.75. The number of esters is 1. The van der Waals surface area contributed by atoms with Gasteiger partial charge in [0.25, 0.3) is 0 Å². The minimum atomic E-state index is -0.436. The zero-order valence-corrected chi connectivity index (χ0v) is 10.2. The van der Waals surface area contributed by atoms with Gasteiger partial charge in [-0.15, -0.1) is 0 Å². The molecule has 0 bridgehead atoms. The fourth-order valence-electron chi connectivity index (χ4n) is 1.05. The van der Waals surface area contributed by atoms with E-state index in [-0.39, 0.29) is 12.6 Å². The number of aliphatic hydroxyl groups is 1. The predicted molar refractivity (Wildman–Crippen MR) is 59.6 cm³/mol. The Hall–Kier alpha value is -0.610. The second kappa shape index (κ2) is 6.80. The van der Waals surface area contributed by atoms with Crippen molar-refractivity contribution in [2.75, 3.05) is 32.8 Å². The summed E-state index contributed by atoms with van der Waals surface area (Å²) < 4.78 is 5.12. The first kappa shape index (κ1) is 14.4. The summed E-state index contributed by atoms with van der Waals surface area (Å²) in [6, 6.07) is 0. The molecule has 0 aliphatic carbocycles. The maximum atomic E-state index is 11.4. The first-order valence-corrected chi connectivity index (χ1v) is 5.42. The zero-order chi connectivity index (χ0) is 11.9. The van der Waals surface area contributed by atoms with Crippen molar-refractivity contribution in [3.63, 3.8) is 0 Å². The molecule has 15 heavy (non-hydrogen) atoms. The molecule has 0 unspecified atom stereocenters. The minimum absolute atomic E-state index is 0.140. The lowest BCUT2D eigenvalue weighted by atomic mass is 9.97. The van der Waals surface area contributed by atoms with Gasteiger partial charge >= 0.3 is 5.97 Å². The second-order valence-corrected chi connectivity index (χ2v) is 4.54.